The second-order valence-corrected chi connectivity index (χ2v) is 5.72. The third kappa shape index (κ3) is 3.10. The van der Waals surface area contributed by atoms with Crippen molar-refractivity contribution in [2.45, 2.75) is 52.6 Å². The van der Waals surface area contributed by atoms with Crippen LogP contribution in [0.2, 0.25) is 0 Å². The van der Waals surface area contributed by atoms with Gasteiger partial charge in [0.25, 0.3) is 0 Å². The summed E-state index contributed by atoms with van der Waals surface area (Å²) >= 11 is 0. The zero-order chi connectivity index (χ0) is 12.3. The maximum atomic E-state index is 3.78. The Balaban J connectivity index is 1.95. The summed E-state index contributed by atoms with van der Waals surface area (Å²) in [7, 11) is 0. The average molecular weight is 231 g/mol. The van der Waals surface area contributed by atoms with Crippen LogP contribution in [0.1, 0.15) is 44.2 Å². The van der Waals surface area contributed by atoms with Crippen molar-refractivity contribution < 1.29 is 0 Å². The van der Waals surface area contributed by atoms with Gasteiger partial charge >= 0.3 is 0 Å². The van der Waals surface area contributed by atoms with Gasteiger partial charge in [-0.2, -0.15) is 0 Å². The number of rotatable bonds is 3. The highest BCUT2D eigenvalue weighted by Gasteiger charge is 2.26. The second kappa shape index (κ2) is 5.68. The molecule has 0 heterocycles. The SMILES string of the molecule is Cc1ccccc1CNC1C(C)CCCC1C. The van der Waals surface area contributed by atoms with Gasteiger partial charge < -0.3 is 5.32 Å². The van der Waals surface area contributed by atoms with Crippen molar-refractivity contribution in [1.82, 2.24) is 5.32 Å². The first-order valence-corrected chi connectivity index (χ1v) is 6.96. The second-order valence-electron chi connectivity index (χ2n) is 5.72. The van der Waals surface area contributed by atoms with E-state index in [-0.39, 0.29) is 0 Å². The predicted octanol–water partition coefficient (Wildman–Crippen LogP) is 3.91. The molecule has 1 saturated carbocycles. The lowest BCUT2D eigenvalue weighted by Gasteiger charge is -2.35. The highest BCUT2D eigenvalue weighted by atomic mass is 14.9. The highest BCUT2D eigenvalue weighted by Crippen LogP contribution is 2.29. The van der Waals surface area contributed by atoms with Crippen LogP contribution in [0.15, 0.2) is 24.3 Å². The molecule has 0 amide bonds. The Morgan fingerprint density at radius 3 is 2.41 bits per heavy atom. The molecule has 0 radical (unpaired) electrons. The normalized spacial score (nSPS) is 29.2. The number of aryl methyl sites for hydroxylation is 1. The Labute approximate surface area is 106 Å². The van der Waals surface area contributed by atoms with E-state index >= 15 is 0 Å². The van der Waals surface area contributed by atoms with Crippen LogP contribution < -0.4 is 5.32 Å². The standard InChI is InChI=1S/C16H25N/c1-12-7-4-5-10-15(12)11-17-16-13(2)8-6-9-14(16)3/h4-5,7,10,13-14,16-17H,6,8-9,11H2,1-3H3. The lowest BCUT2D eigenvalue weighted by atomic mass is 9.78. The van der Waals surface area contributed by atoms with Crippen LogP contribution in [-0.4, -0.2) is 6.04 Å². The van der Waals surface area contributed by atoms with Gasteiger partial charge in [-0.05, 0) is 42.7 Å². The van der Waals surface area contributed by atoms with Gasteiger partial charge in [0, 0.05) is 12.6 Å². The van der Waals surface area contributed by atoms with Crippen LogP contribution in [0.4, 0.5) is 0 Å². The first-order chi connectivity index (χ1) is 8.18. The minimum atomic E-state index is 0.698. The van der Waals surface area contributed by atoms with Gasteiger partial charge in [0.15, 0.2) is 0 Å². The molecule has 0 spiro atoms. The predicted molar refractivity (Wildman–Crippen MR) is 74.0 cm³/mol. The summed E-state index contributed by atoms with van der Waals surface area (Å²) in [6, 6.07) is 9.39. The van der Waals surface area contributed by atoms with Crippen molar-refractivity contribution >= 4 is 0 Å². The van der Waals surface area contributed by atoms with Gasteiger partial charge in [0.2, 0.25) is 0 Å². The molecule has 1 aromatic rings. The van der Waals surface area contributed by atoms with E-state index in [1.807, 2.05) is 0 Å². The van der Waals surface area contributed by atoms with Gasteiger partial charge in [-0.15, -0.1) is 0 Å². The van der Waals surface area contributed by atoms with Crippen molar-refractivity contribution in [1.29, 1.82) is 0 Å². The molecule has 1 heteroatoms. The summed E-state index contributed by atoms with van der Waals surface area (Å²) in [5.74, 6) is 1.64. The van der Waals surface area contributed by atoms with Gasteiger partial charge in [-0.3, -0.25) is 0 Å². The van der Waals surface area contributed by atoms with Crippen LogP contribution in [0.5, 0.6) is 0 Å². The largest absolute Gasteiger partial charge is 0.309 e. The number of hydrogen-bond donors (Lipinski definition) is 1. The summed E-state index contributed by atoms with van der Waals surface area (Å²) in [5.41, 5.74) is 2.84. The molecule has 2 unspecified atom stereocenters. The molecule has 1 aromatic carbocycles. The molecule has 2 rings (SSSR count). The molecule has 1 aliphatic carbocycles. The van der Waals surface area contributed by atoms with E-state index in [9.17, 15) is 0 Å². The van der Waals surface area contributed by atoms with Crippen molar-refractivity contribution in [2.75, 3.05) is 0 Å². The van der Waals surface area contributed by atoms with E-state index in [1.54, 1.807) is 0 Å². The van der Waals surface area contributed by atoms with E-state index < -0.39 is 0 Å². The topological polar surface area (TPSA) is 12.0 Å². The average Bonchev–Trinajstić information content (AvgIpc) is 2.30. The molecule has 2 atom stereocenters. The molecule has 0 saturated heterocycles. The van der Waals surface area contributed by atoms with E-state index in [0.717, 1.165) is 18.4 Å². The molecule has 94 valence electrons. The first kappa shape index (κ1) is 12.6. The van der Waals surface area contributed by atoms with Crippen molar-refractivity contribution in [3.63, 3.8) is 0 Å². The smallest absolute Gasteiger partial charge is 0.0210 e. The maximum Gasteiger partial charge on any atom is 0.0210 e. The molecule has 17 heavy (non-hydrogen) atoms. The lowest BCUT2D eigenvalue weighted by Crippen LogP contribution is -2.42. The van der Waals surface area contributed by atoms with Crippen LogP contribution in [-0.2, 0) is 6.54 Å². The van der Waals surface area contributed by atoms with Crippen molar-refractivity contribution in [3.05, 3.63) is 35.4 Å². The zero-order valence-electron chi connectivity index (χ0n) is 11.4. The maximum absolute atomic E-state index is 3.78. The Kier molecular flexibility index (Phi) is 4.22. The Morgan fingerprint density at radius 1 is 1.12 bits per heavy atom. The monoisotopic (exact) mass is 231 g/mol. The Morgan fingerprint density at radius 2 is 1.76 bits per heavy atom. The number of benzene rings is 1. The first-order valence-electron chi connectivity index (χ1n) is 6.96. The molecule has 1 aliphatic rings. The fourth-order valence-electron chi connectivity index (χ4n) is 3.12. The molecule has 1 nitrogen and oxygen atoms in total. The van der Waals surface area contributed by atoms with Crippen LogP contribution >= 0.6 is 0 Å². The third-order valence-electron chi connectivity index (χ3n) is 4.33. The number of hydrogen-bond acceptors (Lipinski definition) is 1. The Bertz CT molecular complexity index is 348. The summed E-state index contributed by atoms with van der Waals surface area (Å²) in [5, 5.41) is 3.78. The van der Waals surface area contributed by atoms with Crippen LogP contribution in [0.3, 0.4) is 0 Å². The van der Waals surface area contributed by atoms with E-state index in [2.05, 4.69) is 50.4 Å². The molecule has 0 aliphatic heterocycles. The molecule has 1 N–H and O–H groups in total. The summed E-state index contributed by atoms with van der Waals surface area (Å²) < 4.78 is 0. The molecule has 1 fully saturated rings. The van der Waals surface area contributed by atoms with Gasteiger partial charge in [-0.25, -0.2) is 0 Å². The molecular weight excluding hydrogens is 206 g/mol. The van der Waals surface area contributed by atoms with E-state index in [1.165, 1.54) is 30.4 Å². The van der Waals surface area contributed by atoms with E-state index in [4.69, 9.17) is 0 Å². The summed E-state index contributed by atoms with van der Waals surface area (Å²) in [6.07, 6.45) is 4.18. The highest BCUT2D eigenvalue weighted by molar-refractivity contribution is 5.25. The van der Waals surface area contributed by atoms with Gasteiger partial charge in [0.1, 0.15) is 0 Å². The minimum Gasteiger partial charge on any atom is -0.309 e. The fourth-order valence-corrected chi connectivity index (χ4v) is 3.12. The van der Waals surface area contributed by atoms with Crippen molar-refractivity contribution in [3.8, 4) is 0 Å². The third-order valence-corrected chi connectivity index (χ3v) is 4.33. The Hall–Kier alpha value is -0.820. The van der Waals surface area contributed by atoms with Crippen LogP contribution in [0.25, 0.3) is 0 Å². The van der Waals surface area contributed by atoms with Crippen LogP contribution in [0, 0.1) is 18.8 Å². The quantitative estimate of drug-likeness (QED) is 0.831. The molecular formula is C16H25N. The fraction of sp³-hybridized carbons (Fsp3) is 0.625. The van der Waals surface area contributed by atoms with Crippen molar-refractivity contribution in [2.24, 2.45) is 11.8 Å². The zero-order valence-corrected chi connectivity index (χ0v) is 11.4. The molecule has 0 bridgehead atoms. The number of nitrogens with one attached hydrogen (secondary N) is 1. The lowest BCUT2D eigenvalue weighted by molar-refractivity contribution is 0.207. The summed E-state index contributed by atoms with van der Waals surface area (Å²) in [6.45, 7) is 8.01. The van der Waals surface area contributed by atoms with Gasteiger partial charge in [-0.1, -0.05) is 44.5 Å². The van der Waals surface area contributed by atoms with E-state index in [0.29, 0.717) is 6.04 Å². The minimum absolute atomic E-state index is 0.698. The molecule has 0 aromatic heterocycles. The summed E-state index contributed by atoms with van der Waals surface area (Å²) in [4.78, 5) is 0. The van der Waals surface area contributed by atoms with Gasteiger partial charge in [0.05, 0.1) is 0 Å².